The quantitative estimate of drug-likeness (QED) is 0.121. The Labute approximate surface area is 248 Å². The molecule has 2 amide bonds. The molecule has 2 aromatic rings. The molecule has 2 aliphatic rings. The average molecular weight is 620 g/mol. The zero-order valence-corrected chi connectivity index (χ0v) is 25.0. The van der Waals surface area contributed by atoms with E-state index in [1.807, 2.05) is 0 Å². The number of oxime groups is 1. The number of carbonyl (C=O) groups is 4. The number of amides is 2. The van der Waals surface area contributed by atoms with Crippen LogP contribution in [0.3, 0.4) is 0 Å². The molecule has 0 radical (unpaired) electrons. The minimum Gasteiger partial charge on any atom is -0.427 e. The number of nitrogen functional groups attached to an aromatic ring is 1. The molecular formula is C24H29N9O7S2. The number of aromatic nitrogens is 5. The monoisotopic (exact) mass is 619 g/mol. The number of fused-ring (bicyclic) bond motifs is 1. The second-order valence-electron chi connectivity index (χ2n) is 9.97. The maximum Gasteiger partial charge on any atom is 0.358 e. The highest BCUT2D eigenvalue weighted by Crippen LogP contribution is 2.41. The van der Waals surface area contributed by atoms with Gasteiger partial charge in [0.05, 0.1) is 12.0 Å². The molecule has 0 aromatic carbocycles. The van der Waals surface area contributed by atoms with Crippen molar-refractivity contribution >= 4 is 57.7 Å². The lowest BCUT2D eigenvalue weighted by atomic mass is 9.98. The first-order valence-electron chi connectivity index (χ1n) is 12.5. The van der Waals surface area contributed by atoms with E-state index in [0.717, 1.165) is 11.3 Å². The van der Waals surface area contributed by atoms with E-state index in [4.69, 9.17) is 20.0 Å². The van der Waals surface area contributed by atoms with Crippen LogP contribution in [0.25, 0.3) is 0 Å². The minimum absolute atomic E-state index is 0.0243. The van der Waals surface area contributed by atoms with E-state index >= 15 is 0 Å². The molecule has 0 bridgehead atoms. The number of thioether (sulfide) groups is 1. The van der Waals surface area contributed by atoms with Gasteiger partial charge in [0.25, 0.3) is 11.8 Å². The molecule has 1 fully saturated rings. The van der Waals surface area contributed by atoms with Gasteiger partial charge in [-0.25, -0.2) is 14.5 Å². The predicted octanol–water partition coefficient (Wildman–Crippen LogP) is 0.371. The standard InChI is InChI=1S/C24H29N9O7S2/c1-12-28-30-31-32(12)8-6-7-13-9-41-20-16(27-18(34)15(29-38-5)14-10-42-23(25)26-14)19(35)33(20)17(13)21(36)39-11-40-22(37)24(2,3)4/h6-7,10,16,20H,8-9,11H2,1-5H3,(H2,25,26)(H,27,34)/b7-6-,29-15?/t16?,20-/m1/s1. The Bertz CT molecular complexity index is 1470. The highest BCUT2D eigenvalue weighted by Gasteiger charge is 2.54. The van der Waals surface area contributed by atoms with Crippen molar-refractivity contribution in [2.24, 2.45) is 10.6 Å². The molecule has 4 heterocycles. The molecule has 2 aliphatic heterocycles. The lowest BCUT2D eigenvalue weighted by Gasteiger charge is -2.49. The summed E-state index contributed by atoms with van der Waals surface area (Å²) < 4.78 is 11.9. The van der Waals surface area contributed by atoms with Crippen molar-refractivity contribution < 1.29 is 33.5 Å². The van der Waals surface area contributed by atoms with Crippen LogP contribution in [0, 0.1) is 12.3 Å². The number of nitrogens with two attached hydrogens (primary N) is 1. The highest BCUT2D eigenvalue weighted by atomic mass is 32.2. The van der Waals surface area contributed by atoms with Crippen LogP contribution in [0.15, 0.2) is 34.0 Å². The number of rotatable bonds is 10. The molecule has 42 heavy (non-hydrogen) atoms. The van der Waals surface area contributed by atoms with Crippen molar-refractivity contribution in [1.82, 2.24) is 35.4 Å². The van der Waals surface area contributed by atoms with E-state index < -0.39 is 47.4 Å². The third kappa shape index (κ3) is 6.59. The van der Waals surface area contributed by atoms with E-state index in [1.165, 1.54) is 29.2 Å². The summed E-state index contributed by atoms with van der Waals surface area (Å²) in [4.78, 5) is 61.8. The Morgan fingerprint density at radius 1 is 1.29 bits per heavy atom. The van der Waals surface area contributed by atoms with Crippen LogP contribution in [0.2, 0.25) is 0 Å². The van der Waals surface area contributed by atoms with Gasteiger partial charge in [0.2, 0.25) is 6.79 Å². The van der Waals surface area contributed by atoms with Crippen molar-refractivity contribution in [2.45, 2.75) is 45.7 Å². The molecular weight excluding hydrogens is 590 g/mol. The number of tetrazole rings is 1. The summed E-state index contributed by atoms with van der Waals surface area (Å²) in [5.74, 6) is -1.77. The number of aryl methyl sites for hydroxylation is 1. The number of β-lactam (4-membered cyclic amide) rings is 1. The fraction of sp³-hybridized carbons (Fsp3) is 0.458. The second-order valence-corrected chi connectivity index (χ2v) is 12.0. The third-order valence-corrected chi connectivity index (χ3v) is 7.92. The smallest absolute Gasteiger partial charge is 0.358 e. The molecule has 1 saturated heterocycles. The Morgan fingerprint density at radius 2 is 2.05 bits per heavy atom. The highest BCUT2D eigenvalue weighted by molar-refractivity contribution is 8.00. The number of anilines is 1. The SMILES string of the molecule is CON=C(C(=O)NC1C(=O)N2C(C(=O)OCOC(=O)C(C)(C)C)=C(/C=C\Cn3nnnc3C)CS[C@H]12)c1csc(N)n1. The number of ether oxygens (including phenoxy) is 2. The van der Waals surface area contributed by atoms with Crippen molar-refractivity contribution in [3.8, 4) is 0 Å². The van der Waals surface area contributed by atoms with Gasteiger partial charge in [-0.1, -0.05) is 17.3 Å². The van der Waals surface area contributed by atoms with Crippen LogP contribution in [0.5, 0.6) is 0 Å². The number of carbonyl (C=O) groups excluding carboxylic acids is 4. The van der Waals surface area contributed by atoms with Crippen molar-refractivity contribution in [1.29, 1.82) is 0 Å². The molecule has 4 rings (SSSR count). The van der Waals surface area contributed by atoms with Gasteiger partial charge >= 0.3 is 11.9 Å². The van der Waals surface area contributed by atoms with Gasteiger partial charge in [0, 0.05) is 11.1 Å². The number of thiazole rings is 1. The molecule has 2 atom stereocenters. The van der Waals surface area contributed by atoms with E-state index in [1.54, 1.807) is 44.5 Å². The van der Waals surface area contributed by atoms with E-state index in [9.17, 15) is 19.2 Å². The largest absolute Gasteiger partial charge is 0.427 e. The zero-order valence-electron chi connectivity index (χ0n) is 23.4. The Morgan fingerprint density at radius 3 is 2.67 bits per heavy atom. The van der Waals surface area contributed by atoms with Gasteiger partial charge in [-0.2, -0.15) is 0 Å². The van der Waals surface area contributed by atoms with Gasteiger partial charge in [0.1, 0.15) is 35.7 Å². The maximum atomic E-state index is 13.3. The van der Waals surface area contributed by atoms with E-state index in [-0.39, 0.29) is 22.2 Å². The Balaban J connectivity index is 1.53. The molecule has 0 aliphatic carbocycles. The van der Waals surface area contributed by atoms with Crippen LogP contribution in [-0.4, -0.2) is 90.6 Å². The number of allylic oxidation sites excluding steroid dienone is 2. The fourth-order valence-corrected chi connectivity index (χ4v) is 5.66. The summed E-state index contributed by atoms with van der Waals surface area (Å²) in [7, 11) is 1.27. The molecule has 18 heteroatoms. The first kappa shape index (κ1) is 30.6. The first-order chi connectivity index (χ1) is 19.9. The summed E-state index contributed by atoms with van der Waals surface area (Å²) in [5, 5.41) is 18.8. The summed E-state index contributed by atoms with van der Waals surface area (Å²) in [6, 6.07) is -0.976. The maximum absolute atomic E-state index is 13.3. The summed E-state index contributed by atoms with van der Waals surface area (Å²) >= 11 is 2.46. The number of hydrogen-bond donors (Lipinski definition) is 2. The summed E-state index contributed by atoms with van der Waals surface area (Å²) in [6.07, 6.45) is 3.42. The zero-order chi connectivity index (χ0) is 30.6. The Kier molecular flexibility index (Phi) is 9.25. The summed E-state index contributed by atoms with van der Waals surface area (Å²) in [5.41, 5.74) is 5.39. The predicted molar refractivity (Wildman–Crippen MR) is 150 cm³/mol. The van der Waals surface area contributed by atoms with Crippen molar-refractivity contribution in [3.05, 3.63) is 40.3 Å². The lowest BCUT2D eigenvalue weighted by molar-refractivity contribution is -0.173. The fourth-order valence-electron chi connectivity index (χ4n) is 3.80. The second kappa shape index (κ2) is 12.7. The molecule has 224 valence electrons. The minimum atomic E-state index is -0.976. The lowest BCUT2D eigenvalue weighted by Crippen LogP contribution is -2.71. The molecule has 16 nitrogen and oxygen atoms in total. The molecule has 1 unspecified atom stereocenters. The van der Waals surface area contributed by atoms with Gasteiger partial charge in [-0.3, -0.25) is 19.3 Å². The van der Waals surface area contributed by atoms with Gasteiger partial charge in [0.15, 0.2) is 10.8 Å². The average Bonchev–Trinajstić information content (AvgIpc) is 3.56. The molecule has 3 N–H and O–H groups in total. The Hall–Kier alpha value is -4.32. The molecule has 0 saturated carbocycles. The van der Waals surface area contributed by atoms with Crippen LogP contribution in [0.4, 0.5) is 5.13 Å². The topological polar surface area (TPSA) is 206 Å². The van der Waals surface area contributed by atoms with Crippen LogP contribution in [0.1, 0.15) is 32.3 Å². The van der Waals surface area contributed by atoms with Crippen molar-refractivity contribution in [3.63, 3.8) is 0 Å². The number of nitrogens with one attached hydrogen (secondary N) is 1. The van der Waals surface area contributed by atoms with E-state index in [2.05, 4.69) is 31.0 Å². The molecule has 2 aromatic heterocycles. The number of esters is 2. The number of hydrogen-bond acceptors (Lipinski definition) is 15. The first-order valence-corrected chi connectivity index (χ1v) is 14.4. The normalized spacial score (nSPS) is 18.9. The van der Waals surface area contributed by atoms with Gasteiger partial charge in [-0.15, -0.1) is 28.2 Å². The van der Waals surface area contributed by atoms with Crippen LogP contribution < -0.4 is 11.1 Å². The van der Waals surface area contributed by atoms with Gasteiger partial charge < -0.3 is 25.4 Å². The van der Waals surface area contributed by atoms with Crippen molar-refractivity contribution in [2.75, 3.05) is 25.4 Å². The third-order valence-electron chi connectivity index (χ3n) is 5.94. The summed E-state index contributed by atoms with van der Waals surface area (Å²) in [6.45, 7) is 6.42. The number of nitrogens with zero attached hydrogens (tertiary/aromatic N) is 7. The van der Waals surface area contributed by atoms with E-state index in [0.29, 0.717) is 23.7 Å². The molecule has 0 spiro atoms. The van der Waals surface area contributed by atoms with Crippen LogP contribution in [-0.2, 0) is 40.0 Å². The van der Waals surface area contributed by atoms with Crippen LogP contribution >= 0.6 is 23.1 Å². The van der Waals surface area contributed by atoms with Gasteiger partial charge in [-0.05, 0) is 43.7 Å².